The molecule has 18 heavy (non-hydrogen) atoms. The first-order chi connectivity index (χ1) is 8.74. The highest BCUT2D eigenvalue weighted by atomic mass is 32.1. The summed E-state index contributed by atoms with van der Waals surface area (Å²) in [7, 11) is 1.67. The largest absolute Gasteiger partial charge is 0.497 e. The number of thiophene rings is 1. The SMILES string of the molecule is CCOC(=S)c1ccc(-c2ccc(OC)cc2)s1. The Morgan fingerprint density at radius 3 is 2.50 bits per heavy atom. The summed E-state index contributed by atoms with van der Waals surface area (Å²) < 4.78 is 10.5. The molecule has 0 aliphatic rings. The highest BCUT2D eigenvalue weighted by molar-refractivity contribution is 7.80. The summed E-state index contributed by atoms with van der Waals surface area (Å²) in [6.45, 7) is 2.54. The Kier molecular flexibility index (Phi) is 4.33. The first-order valence-electron chi connectivity index (χ1n) is 5.66. The molecule has 0 amide bonds. The van der Waals surface area contributed by atoms with Crippen LogP contribution in [0.1, 0.15) is 11.8 Å². The van der Waals surface area contributed by atoms with Gasteiger partial charge in [0.25, 0.3) is 0 Å². The van der Waals surface area contributed by atoms with Crippen molar-refractivity contribution in [2.24, 2.45) is 0 Å². The van der Waals surface area contributed by atoms with Crippen molar-refractivity contribution in [3.05, 3.63) is 41.3 Å². The van der Waals surface area contributed by atoms with Crippen LogP contribution in [0.4, 0.5) is 0 Å². The summed E-state index contributed by atoms with van der Waals surface area (Å²) >= 11 is 6.83. The van der Waals surface area contributed by atoms with Crippen LogP contribution in [0.2, 0.25) is 0 Å². The number of rotatable bonds is 4. The van der Waals surface area contributed by atoms with E-state index in [1.165, 1.54) is 4.88 Å². The minimum absolute atomic E-state index is 0.572. The van der Waals surface area contributed by atoms with E-state index in [-0.39, 0.29) is 0 Å². The maximum atomic E-state index is 5.34. The van der Waals surface area contributed by atoms with Crippen LogP contribution in [0.3, 0.4) is 0 Å². The average Bonchev–Trinajstić information content (AvgIpc) is 2.89. The van der Waals surface area contributed by atoms with Crippen molar-refractivity contribution in [3.63, 3.8) is 0 Å². The number of hydrogen-bond donors (Lipinski definition) is 0. The average molecular weight is 278 g/mol. The predicted molar refractivity (Wildman–Crippen MR) is 79.6 cm³/mol. The molecule has 1 aromatic heterocycles. The monoisotopic (exact) mass is 278 g/mol. The van der Waals surface area contributed by atoms with Gasteiger partial charge in [-0.15, -0.1) is 11.3 Å². The van der Waals surface area contributed by atoms with E-state index in [1.54, 1.807) is 18.4 Å². The van der Waals surface area contributed by atoms with Crippen molar-refractivity contribution >= 4 is 28.6 Å². The van der Waals surface area contributed by atoms with Gasteiger partial charge in [0.2, 0.25) is 5.05 Å². The minimum Gasteiger partial charge on any atom is -0.497 e. The third kappa shape index (κ3) is 2.89. The van der Waals surface area contributed by atoms with E-state index < -0.39 is 0 Å². The highest BCUT2D eigenvalue weighted by Crippen LogP contribution is 2.29. The molecule has 0 spiro atoms. The highest BCUT2D eigenvalue weighted by Gasteiger charge is 2.07. The molecule has 0 saturated heterocycles. The second-order valence-electron chi connectivity index (χ2n) is 3.61. The molecule has 0 bridgehead atoms. The zero-order valence-electron chi connectivity index (χ0n) is 10.3. The Labute approximate surface area is 116 Å². The molecule has 0 unspecified atom stereocenters. The van der Waals surface area contributed by atoms with Crippen LogP contribution >= 0.6 is 23.6 Å². The molecule has 4 heteroatoms. The number of hydrogen-bond acceptors (Lipinski definition) is 4. The molecule has 0 N–H and O–H groups in total. The van der Waals surface area contributed by atoms with Crippen molar-refractivity contribution in [1.29, 1.82) is 0 Å². The normalized spacial score (nSPS) is 10.1. The lowest BCUT2D eigenvalue weighted by molar-refractivity contribution is 0.338. The van der Waals surface area contributed by atoms with Crippen LogP contribution in [0.15, 0.2) is 36.4 Å². The molecule has 0 fully saturated rings. The van der Waals surface area contributed by atoms with Gasteiger partial charge in [-0.05, 0) is 61.1 Å². The summed E-state index contributed by atoms with van der Waals surface area (Å²) in [5.41, 5.74) is 1.16. The number of thiocarbonyl (C=S) groups is 1. The zero-order chi connectivity index (χ0) is 13.0. The molecule has 94 valence electrons. The van der Waals surface area contributed by atoms with Gasteiger partial charge < -0.3 is 9.47 Å². The summed E-state index contributed by atoms with van der Waals surface area (Å²) in [4.78, 5) is 2.17. The number of methoxy groups -OCH3 is 1. The Bertz CT molecular complexity index is 529. The lowest BCUT2D eigenvalue weighted by Crippen LogP contribution is -1.99. The molecule has 0 aliphatic heterocycles. The van der Waals surface area contributed by atoms with Gasteiger partial charge in [0.1, 0.15) is 5.75 Å². The van der Waals surface area contributed by atoms with E-state index in [9.17, 15) is 0 Å². The summed E-state index contributed by atoms with van der Waals surface area (Å²) in [6.07, 6.45) is 0. The fourth-order valence-electron chi connectivity index (χ4n) is 1.56. The quantitative estimate of drug-likeness (QED) is 0.783. The second kappa shape index (κ2) is 5.98. The van der Waals surface area contributed by atoms with Gasteiger partial charge in [0, 0.05) is 4.88 Å². The lowest BCUT2D eigenvalue weighted by atomic mass is 10.2. The van der Waals surface area contributed by atoms with Gasteiger partial charge >= 0.3 is 0 Å². The molecular weight excluding hydrogens is 264 g/mol. The first kappa shape index (κ1) is 13.1. The van der Waals surface area contributed by atoms with Crippen LogP contribution < -0.4 is 4.74 Å². The molecule has 2 nitrogen and oxygen atoms in total. The van der Waals surface area contributed by atoms with E-state index in [2.05, 4.69) is 6.07 Å². The number of ether oxygens (including phenoxy) is 2. The van der Waals surface area contributed by atoms with E-state index in [4.69, 9.17) is 21.7 Å². The van der Waals surface area contributed by atoms with Gasteiger partial charge in [-0.3, -0.25) is 0 Å². The topological polar surface area (TPSA) is 18.5 Å². The third-order valence-corrected chi connectivity index (χ3v) is 4.06. The van der Waals surface area contributed by atoms with Crippen molar-refractivity contribution in [2.45, 2.75) is 6.92 Å². The molecular formula is C14H14O2S2. The van der Waals surface area contributed by atoms with E-state index in [1.807, 2.05) is 37.3 Å². The molecule has 0 saturated carbocycles. The van der Waals surface area contributed by atoms with Crippen molar-refractivity contribution in [3.8, 4) is 16.2 Å². The van der Waals surface area contributed by atoms with Crippen molar-refractivity contribution in [2.75, 3.05) is 13.7 Å². The zero-order valence-corrected chi connectivity index (χ0v) is 11.9. The molecule has 2 rings (SSSR count). The Morgan fingerprint density at radius 1 is 1.17 bits per heavy atom. The second-order valence-corrected chi connectivity index (χ2v) is 5.07. The fourth-order valence-corrected chi connectivity index (χ4v) is 2.78. The standard InChI is InChI=1S/C14H14O2S2/c1-3-16-14(17)13-9-8-12(18-13)10-4-6-11(15-2)7-5-10/h4-9H,3H2,1-2H3. The maximum Gasteiger partial charge on any atom is 0.201 e. The predicted octanol–water partition coefficient (Wildman–Crippen LogP) is 4.14. The van der Waals surface area contributed by atoms with Crippen molar-refractivity contribution < 1.29 is 9.47 Å². The third-order valence-electron chi connectivity index (χ3n) is 2.46. The maximum absolute atomic E-state index is 5.34. The van der Waals surface area contributed by atoms with Crippen LogP contribution in [0, 0.1) is 0 Å². The molecule has 2 aromatic rings. The van der Waals surface area contributed by atoms with Crippen LogP contribution in [-0.4, -0.2) is 18.8 Å². The summed E-state index contributed by atoms with van der Waals surface area (Å²) in [6, 6.07) is 12.1. The van der Waals surface area contributed by atoms with Gasteiger partial charge in [0.15, 0.2) is 0 Å². The van der Waals surface area contributed by atoms with E-state index in [0.29, 0.717) is 11.7 Å². The molecule has 1 heterocycles. The Hall–Kier alpha value is -1.39. The Balaban J connectivity index is 2.20. The van der Waals surface area contributed by atoms with Crippen LogP contribution in [0.25, 0.3) is 10.4 Å². The van der Waals surface area contributed by atoms with Gasteiger partial charge in [-0.1, -0.05) is 0 Å². The molecule has 0 radical (unpaired) electrons. The molecule has 1 aromatic carbocycles. The molecule has 0 aliphatic carbocycles. The summed E-state index contributed by atoms with van der Waals surface area (Å²) in [5.74, 6) is 0.861. The van der Waals surface area contributed by atoms with Crippen LogP contribution in [-0.2, 0) is 4.74 Å². The Morgan fingerprint density at radius 2 is 1.89 bits per heavy atom. The van der Waals surface area contributed by atoms with Gasteiger partial charge in [0.05, 0.1) is 18.6 Å². The van der Waals surface area contributed by atoms with Gasteiger partial charge in [-0.25, -0.2) is 0 Å². The van der Waals surface area contributed by atoms with E-state index in [0.717, 1.165) is 16.2 Å². The fraction of sp³-hybridized carbons (Fsp3) is 0.214. The number of benzene rings is 1. The first-order valence-corrected chi connectivity index (χ1v) is 6.88. The van der Waals surface area contributed by atoms with Gasteiger partial charge in [-0.2, -0.15) is 0 Å². The van der Waals surface area contributed by atoms with Crippen molar-refractivity contribution in [1.82, 2.24) is 0 Å². The van der Waals surface area contributed by atoms with Crippen LogP contribution in [0.5, 0.6) is 5.75 Å². The smallest absolute Gasteiger partial charge is 0.201 e. The molecule has 0 atom stereocenters. The minimum atomic E-state index is 0.572. The van der Waals surface area contributed by atoms with E-state index >= 15 is 0 Å². The summed E-state index contributed by atoms with van der Waals surface area (Å²) in [5, 5.41) is 0.572. The lowest BCUT2D eigenvalue weighted by Gasteiger charge is -2.02.